The Kier molecular flexibility index (Phi) is 4.28. The fraction of sp³-hybridized carbons (Fsp3) is 0.364. The first kappa shape index (κ1) is 14.4. The largest absolute Gasteiger partial charge is 0.480 e. The van der Waals surface area contributed by atoms with Crippen LogP contribution in [0.25, 0.3) is 0 Å². The number of halogens is 4. The first-order chi connectivity index (χ1) is 8.25. The van der Waals surface area contributed by atoms with E-state index >= 15 is 0 Å². The molecule has 1 atom stereocenters. The van der Waals surface area contributed by atoms with Crippen molar-refractivity contribution in [1.82, 2.24) is 5.32 Å². The summed E-state index contributed by atoms with van der Waals surface area (Å²) in [5.74, 6) is -2.56. The summed E-state index contributed by atoms with van der Waals surface area (Å²) in [5.41, 5.74) is -1.18. The highest BCUT2D eigenvalue weighted by atomic mass is 19.4. The lowest BCUT2D eigenvalue weighted by Gasteiger charge is -2.13. The highest BCUT2D eigenvalue weighted by Crippen LogP contribution is 2.31. The third-order valence-corrected chi connectivity index (χ3v) is 2.43. The van der Waals surface area contributed by atoms with Gasteiger partial charge in [-0.25, -0.2) is 4.39 Å². The number of hydrogen-bond acceptors (Lipinski definition) is 2. The molecule has 2 N–H and O–H groups in total. The Labute approximate surface area is 100 Å². The Morgan fingerprint density at radius 3 is 2.44 bits per heavy atom. The number of aliphatic carboxylic acids is 1. The molecule has 1 aromatic carbocycles. The standard InChI is InChI=1S/C11H11F4NO2/c1-16-9(10(17)18)5-6-2-3-7(8(12)4-6)11(13,14)15/h2-4,9,16H,5H2,1H3,(H,17,18). The number of alkyl halides is 3. The molecule has 100 valence electrons. The Hall–Kier alpha value is -1.63. The number of carboxylic acids is 1. The smallest absolute Gasteiger partial charge is 0.419 e. The van der Waals surface area contributed by atoms with Gasteiger partial charge in [-0.15, -0.1) is 0 Å². The second-order valence-electron chi connectivity index (χ2n) is 3.70. The van der Waals surface area contributed by atoms with Crippen molar-refractivity contribution >= 4 is 5.97 Å². The molecule has 0 radical (unpaired) electrons. The quantitative estimate of drug-likeness (QED) is 0.819. The molecular weight excluding hydrogens is 254 g/mol. The van der Waals surface area contributed by atoms with Crippen molar-refractivity contribution in [2.75, 3.05) is 7.05 Å². The molecule has 0 aliphatic rings. The van der Waals surface area contributed by atoms with E-state index in [1.807, 2.05) is 0 Å². The lowest BCUT2D eigenvalue weighted by molar-refractivity contribution is -0.140. The van der Waals surface area contributed by atoms with Crippen LogP contribution in [-0.4, -0.2) is 24.2 Å². The Morgan fingerprint density at radius 1 is 1.44 bits per heavy atom. The summed E-state index contributed by atoms with van der Waals surface area (Å²) in [6, 6.07) is 1.41. The predicted molar refractivity (Wildman–Crippen MR) is 55.6 cm³/mol. The minimum atomic E-state index is -4.75. The van der Waals surface area contributed by atoms with Gasteiger partial charge >= 0.3 is 12.1 Å². The van der Waals surface area contributed by atoms with Crippen molar-refractivity contribution in [3.05, 3.63) is 35.1 Å². The summed E-state index contributed by atoms with van der Waals surface area (Å²) in [5, 5.41) is 11.2. The van der Waals surface area contributed by atoms with Crippen LogP contribution in [-0.2, 0) is 17.4 Å². The number of nitrogens with one attached hydrogen (secondary N) is 1. The third-order valence-electron chi connectivity index (χ3n) is 2.43. The normalized spacial score (nSPS) is 13.4. The van der Waals surface area contributed by atoms with Gasteiger partial charge in [0.05, 0.1) is 5.56 Å². The van der Waals surface area contributed by atoms with E-state index in [4.69, 9.17) is 5.11 Å². The molecule has 1 aromatic rings. The monoisotopic (exact) mass is 265 g/mol. The van der Waals surface area contributed by atoms with Gasteiger partial charge in [-0.2, -0.15) is 13.2 Å². The second kappa shape index (κ2) is 5.34. The van der Waals surface area contributed by atoms with E-state index in [1.165, 1.54) is 7.05 Å². The zero-order valence-electron chi connectivity index (χ0n) is 9.38. The maximum absolute atomic E-state index is 13.2. The topological polar surface area (TPSA) is 49.3 Å². The van der Waals surface area contributed by atoms with Crippen molar-refractivity contribution in [3.63, 3.8) is 0 Å². The number of likely N-dealkylation sites (N-methyl/N-ethyl adjacent to an activating group) is 1. The number of rotatable bonds is 4. The fourth-order valence-electron chi connectivity index (χ4n) is 1.46. The van der Waals surface area contributed by atoms with E-state index in [0.29, 0.717) is 12.1 Å². The Balaban J connectivity index is 2.95. The lowest BCUT2D eigenvalue weighted by Crippen LogP contribution is -2.35. The van der Waals surface area contributed by atoms with Gasteiger partial charge in [-0.05, 0) is 31.2 Å². The van der Waals surface area contributed by atoms with Gasteiger partial charge in [0, 0.05) is 0 Å². The average molecular weight is 265 g/mol. The first-order valence-electron chi connectivity index (χ1n) is 5.01. The summed E-state index contributed by atoms with van der Waals surface area (Å²) in [4.78, 5) is 10.7. The minimum absolute atomic E-state index is 0.0963. The van der Waals surface area contributed by atoms with Crippen LogP contribution in [0.2, 0.25) is 0 Å². The molecule has 0 heterocycles. The molecule has 1 rings (SSSR count). The molecule has 18 heavy (non-hydrogen) atoms. The lowest BCUT2D eigenvalue weighted by atomic mass is 10.0. The molecule has 0 saturated heterocycles. The fourth-order valence-corrected chi connectivity index (χ4v) is 1.46. The molecule has 3 nitrogen and oxygen atoms in total. The van der Waals surface area contributed by atoms with Crippen LogP contribution in [0, 0.1) is 5.82 Å². The third kappa shape index (κ3) is 3.43. The maximum atomic E-state index is 13.2. The highest BCUT2D eigenvalue weighted by Gasteiger charge is 2.34. The zero-order valence-corrected chi connectivity index (χ0v) is 9.38. The second-order valence-corrected chi connectivity index (χ2v) is 3.70. The van der Waals surface area contributed by atoms with E-state index in [9.17, 15) is 22.4 Å². The van der Waals surface area contributed by atoms with Gasteiger partial charge in [0.2, 0.25) is 0 Å². The molecule has 0 aliphatic carbocycles. The van der Waals surface area contributed by atoms with E-state index < -0.39 is 29.6 Å². The summed E-state index contributed by atoms with van der Waals surface area (Å²) in [6.07, 6.45) is -4.85. The molecule has 1 unspecified atom stereocenters. The molecule has 7 heteroatoms. The highest BCUT2D eigenvalue weighted by molar-refractivity contribution is 5.73. The van der Waals surface area contributed by atoms with Gasteiger partial charge in [0.25, 0.3) is 0 Å². The Bertz CT molecular complexity index is 445. The number of carboxylic acid groups (broad SMARTS) is 1. The van der Waals surface area contributed by atoms with E-state index in [1.54, 1.807) is 0 Å². The summed E-state index contributed by atoms with van der Waals surface area (Å²) in [7, 11) is 1.40. The maximum Gasteiger partial charge on any atom is 0.419 e. The van der Waals surface area contributed by atoms with Crippen LogP contribution < -0.4 is 5.32 Å². The van der Waals surface area contributed by atoms with Crippen molar-refractivity contribution in [1.29, 1.82) is 0 Å². The number of benzene rings is 1. The molecule has 0 aromatic heterocycles. The SMILES string of the molecule is CNC(Cc1ccc(C(F)(F)F)c(F)c1)C(=O)O. The van der Waals surface area contributed by atoms with E-state index in [0.717, 1.165) is 6.07 Å². The summed E-state index contributed by atoms with van der Waals surface area (Å²) in [6.45, 7) is 0. The Morgan fingerprint density at radius 2 is 2.06 bits per heavy atom. The van der Waals surface area contributed by atoms with Crippen LogP contribution in [0.3, 0.4) is 0 Å². The van der Waals surface area contributed by atoms with E-state index in [2.05, 4.69) is 5.32 Å². The average Bonchev–Trinajstić information content (AvgIpc) is 2.23. The first-order valence-corrected chi connectivity index (χ1v) is 5.01. The molecule has 0 spiro atoms. The number of hydrogen-bond donors (Lipinski definition) is 2. The molecule has 0 saturated carbocycles. The predicted octanol–water partition coefficient (Wildman–Crippen LogP) is 2.06. The van der Waals surface area contributed by atoms with Crippen molar-refractivity contribution in [3.8, 4) is 0 Å². The van der Waals surface area contributed by atoms with Crippen LogP contribution >= 0.6 is 0 Å². The van der Waals surface area contributed by atoms with Crippen molar-refractivity contribution in [2.24, 2.45) is 0 Å². The van der Waals surface area contributed by atoms with Gasteiger partial charge in [0.15, 0.2) is 0 Å². The van der Waals surface area contributed by atoms with Gasteiger partial charge in [-0.3, -0.25) is 4.79 Å². The minimum Gasteiger partial charge on any atom is -0.480 e. The van der Waals surface area contributed by atoms with Crippen molar-refractivity contribution in [2.45, 2.75) is 18.6 Å². The zero-order chi connectivity index (χ0) is 13.9. The van der Waals surface area contributed by atoms with Gasteiger partial charge in [0.1, 0.15) is 11.9 Å². The van der Waals surface area contributed by atoms with Crippen molar-refractivity contribution < 1.29 is 27.5 Å². The van der Waals surface area contributed by atoms with Crippen LogP contribution in [0.5, 0.6) is 0 Å². The van der Waals surface area contributed by atoms with E-state index in [-0.39, 0.29) is 12.0 Å². The molecule has 0 fully saturated rings. The molecule has 0 aliphatic heterocycles. The summed E-state index contributed by atoms with van der Waals surface area (Å²) >= 11 is 0. The number of carbonyl (C=O) groups is 1. The molecule has 0 bridgehead atoms. The van der Waals surface area contributed by atoms with Crippen LogP contribution in [0.4, 0.5) is 17.6 Å². The molecule has 0 amide bonds. The van der Waals surface area contributed by atoms with Crippen LogP contribution in [0.1, 0.15) is 11.1 Å². The van der Waals surface area contributed by atoms with Gasteiger partial charge in [-0.1, -0.05) is 6.07 Å². The van der Waals surface area contributed by atoms with Crippen LogP contribution in [0.15, 0.2) is 18.2 Å². The summed E-state index contributed by atoms with van der Waals surface area (Å²) < 4.78 is 50.1. The molecular formula is C11H11F4NO2. The van der Waals surface area contributed by atoms with Gasteiger partial charge < -0.3 is 10.4 Å².